The van der Waals surface area contributed by atoms with Crippen molar-refractivity contribution < 1.29 is 4.52 Å². The molecular formula is C16H19N3OS. The Labute approximate surface area is 128 Å². The summed E-state index contributed by atoms with van der Waals surface area (Å²) in [5.74, 6) is 2.94. The lowest BCUT2D eigenvalue weighted by molar-refractivity contribution is 0.375. The van der Waals surface area contributed by atoms with E-state index in [4.69, 9.17) is 4.52 Å². The van der Waals surface area contributed by atoms with Crippen LogP contribution in [-0.4, -0.2) is 16.2 Å². The third-order valence-electron chi connectivity index (χ3n) is 3.85. The highest BCUT2D eigenvalue weighted by molar-refractivity contribution is 7.98. The van der Waals surface area contributed by atoms with Crippen molar-refractivity contribution >= 4 is 11.8 Å². The van der Waals surface area contributed by atoms with Crippen LogP contribution in [0, 0.1) is 0 Å². The van der Waals surface area contributed by atoms with Gasteiger partial charge in [-0.25, -0.2) is 0 Å². The van der Waals surface area contributed by atoms with E-state index in [-0.39, 0.29) is 0 Å². The molecule has 5 heteroatoms. The summed E-state index contributed by atoms with van der Waals surface area (Å²) in [7, 11) is 0. The lowest BCUT2D eigenvalue weighted by Gasteiger charge is -2.05. The van der Waals surface area contributed by atoms with E-state index in [2.05, 4.69) is 39.7 Å². The molecule has 0 unspecified atom stereocenters. The van der Waals surface area contributed by atoms with Crippen molar-refractivity contribution in [3.05, 3.63) is 41.5 Å². The first kappa shape index (κ1) is 13.3. The molecule has 2 fully saturated rings. The molecule has 2 aromatic rings. The molecule has 0 saturated heterocycles. The number of nitrogens with zero attached hydrogens (tertiary/aromatic N) is 2. The molecule has 2 aliphatic carbocycles. The van der Waals surface area contributed by atoms with Gasteiger partial charge in [0.05, 0.1) is 5.75 Å². The summed E-state index contributed by atoms with van der Waals surface area (Å²) in [5, 5.41) is 7.61. The average Bonchev–Trinajstić information content (AvgIpc) is 3.43. The molecule has 2 saturated carbocycles. The van der Waals surface area contributed by atoms with E-state index < -0.39 is 0 Å². The number of benzene rings is 1. The number of aromatic nitrogens is 2. The standard InChI is InChI=1S/C16H19N3OS/c1-2-11(9-17-13-6-7-13)8-14(3-1)21-10-15-18-16(20-19-15)12-4-5-12/h1-3,8,12-13,17H,4-7,9-10H2. The van der Waals surface area contributed by atoms with E-state index in [0.717, 1.165) is 30.1 Å². The van der Waals surface area contributed by atoms with Crippen LogP contribution in [-0.2, 0) is 12.3 Å². The minimum atomic E-state index is 0.535. The lowest BCUT2D eigenvalue weighted by Crippen LogP contribution is -2.15. The molecule has 0 amide bonds. The molecule has 0 spiro atoms. The molecule has 1 aromatic carbocycles. The van der Waals surface area contributed by atoms with Crippen molar-refractivity contribution in [3.63, 3.8) is 0 Å². The Bertz CT molecular complexity index is 619. The SMILES string of the molecule is c1cc(CNC2CC2)cc(SCc2noc(C3CC3)n2)c1. The summed E-state index contributed by atoms with van der Waals surface area (Å²) in [6.45, 7) is 0.965. The zero-order valence-corrected chi connectivity index (χ0v) is 12.7. The van der Waals surface area contributed by atoms with Crippen LogP contribution in [0.4, 0.5) is 0 Å². The molecule has 21 heavy (non-hydrogen) atoms. The Balaban J connectivity index is 1.33. The lowest BCUT2D eigenvalue weighted by atomic mass is 10.2. The van der Waals surface area contributed by atoms with Gasteiger partial charge in [0.1, 0.15) is 0 Å². The predicted octanol–water partition coefficient (Wildman–Crippen LogP) is 3.49. The van der Waals surface area contributed by atoms with Gasteiger partial charge in [0.25, 0.3) is 0 Å². The summed E-state index contributed by atoms with van der Waals surface area (Å²) in [6.07, 6.45) is 5.06. The number of nitrogens with one attached hydrogen (secondary N) is 1. The van der Waals surface area contributed by atoms with Gasteiger partial charge in [0, 0.05) is 23.4 Å². The van der Waals surface area contributed by atoms with Gasteiger partial charge in [0.2, 0.25) is 5.89 Å². The maximum Gasteiger partial charge on any atom is 0.229 e. The van der Waals surface area contributed by atoms with Crippen LogP contribution in [0.1, 0.15) is 48.9 Å². The molecule has 0 radical (unpaired) electrons. The summed E-state index contributed by atoms with van der Waals surface area (Å²) in [4.78, 5) is 5.73. The molecule has 1 heterocycles. The second kappa shape index (κ2) is 5.81. The van der Waals surface area contributed by atoms with Gasteiger partial charge in [-0.15, -0.1) is 11.8 Å². The molecule has 4 nitrogen and oxygen atoms in total. The van der Waals surface area contributed by atoms with Crippen LogP contribution >= 0.6 is 11.8 Å². The molecular weight excluding hydrogens is 282 g/mol. The fourth-order valence-corrected chi connectivity index (χ4v) is 3.09. The molecule has 110 valence electrons. The highest BCUT2D eigenvalue weighted by Crippen LogP contribution is 2.39. The first-order valence-electron chi connectivity index (χ1n) is 7.64. The quantitative estimate of drug-likeness (QED) is 0.793. The molecule has 0 bridgehead atoms. The monoisotopic (exact) mass is 301 g/mol. The Morgan fingerprint density at radius 1 is 1.24 bits per heavy atom. The zero-order chi connectivity index (χ0) is 14.1. The van der Waals surface area contributed by atoms with Crippen molar-refractivity contribution in [2.45, 2.75) is 54.8 Å². The number of hydrogen-bond acceptors (Lipinski definition) is 5. The van der Waals surface area contributed by atoms with Crippen LogP contribution in [0.5, 0.6) is 0 Å². The van der Waals surface area contributed by atoms with Crippen molar-refractivity contribution in [1.29, 1.82) is 0 Å². The van der Waals surface area contributed by atoms with E-state index in [1.807, 2.05) is 0 Å². The van der Waals surface area contributed by atoms with Gasteiger partial charge < -0.3 is 9.84 Å². The van der Waals surface area contributed by atoms with Gasteiger partial charge in [-0.2, -0.15) is 4.98 Å². The third-order valence-corrected chi connectivity index (χ3v) is 4.84. The molecule has 0 atom stereocenters. The molecule has 4 rings (SSSR count). The minimum Gasteiger partial charge on any atom is -0.339 e. The van der Waals surface area contributed by atoms with Crippen molar-refractivity contribution in [3.8, 4) is 0 Å². The second-order valence-electron chi connectivity index (χ2n) is 5.91. The van der Waals surface area contributed by atoms with Crippen molar-refractivity contribution in [2.75, 3.05) is 0 Å². The first-order chi connectivity index (χ1) is 10.4. The summed E-state index contributed by atoms with van der Waals surface area (Å²) in [6, 6.07) is 9.45. The van der Waals surface area contributed by atoms with Crippen LogP contribution < -0.4 is 5.32 Å². The van der Waals surface area contributed by atoms with Gasteiger partial charge in [-0.3, -0.25) is 0 Å². The normalized spacial score (nSPS) is 18.1. The zero-order valence-electron chi connectivity index (χ0n) is 11.9. The van der Waals surface area contributed by atoms with Gasteiger partial charge in [-0.05, 0) is 43.4 Å². The van der Waals surface area contributed by atoms with Crippen molar-refractivity contribution in [1.82, 2.24) is 15.5 Å². The van der Waals surface area contributed by atoms with Crippen LogP contribution in [0.3, 0.4) is 0 Å². The topological polar surface area (TPSA) is 51.0 Å². The number of thioether (sulfide) groups is 1. The van der Waals surface area contributed by atoms with E-state index >= 15 is 0 Å². The van der Waals surface area contributed by atoms with Gasteiger partial charge in [0.15, 0.2) is 5.82 Å². The maximum absolute atomic E-state index is 5.29. The Morgan fingerprint density at radius 2 is 2.14 bits per heavy atom. The summed E-state index contributed by atoms with van der Waals surface area (Å²) >= 11 is 1.77. The predicted molar refractivity (Wildman–Crippen MR) is 82.1 cm³/mol. The minimum absolute atomic E-state index is 0.535. The Hall–Kier alpha value is -1.33. The van der Waals surface area contributed by atoms with E-state index in [0.29, 0.717) is 5.92 Å². The van der Waals surface area contributed by atoms with Crippen LogP contribution in [0.2, 0.25) is 0 Å². The highest BCUT2D eigenvalue weighted by Gasteiger charge is 2.29. The van der Waals surface area contributed by atoms with Crippen molar-refractivity contribution in [2.24, 2.45) is 0 Å². The molecule has 2 aliphatic rings. The van der Waals surface area contributed by atoms with Gasteiger partial charge in [-0.1, -0.05) is 17.3 Å². The fraction of sp³-hybridized carbons (Fsp3) is 0.500. The Morgan fingerprint density at radius 3 is 2.95 bits per heavy atom. The number of hydrogen-bond donors (Lipinski definition) is 1. The van der Waals surface area contributed by atoms with E-state index in [9.17, 15) is 0 Å². The summed E-state index contributed by atoms with van der Waals surface area (Å²) in [5.41, 5.74) is 1.35. The smallest absolute Gasteiger partial charge is 0.229 e. The fourth-order valence-electron chi connectivity index (χ4n) is 2.26. The van der Waals surface area contributed by atoms with E-state index in [1.165, 1.54) is 36.1 Å². The molecule has 0 aliphatic heterocycles. The molecule has 1 N–H and O–H groups in total. The molecule has 1 aromatic heterocycles. The van der Waals surface area contributed by atoms with Crippen LogP contribution in [0.15, 0.2) is 33.7 Å². The Kier molecular flexibility index (Phi) is 3.69. The van der Waals surface area contributed by atoms with E-state index in [1.54, 1.807) is 11.8 Å². The average molecular weight is 301 g/mol. The highest BCUT2D eigenvalue weighted by atomic mass is 32.2. The largest absolute Gasteiger partial charge is 0.339 e. The third kappa shape index (κ3) is 3.66. The number of rotatable bonds is 7. The van der Waals surface area contributed by atoms with Crippen LogP contribution in [0.25, 0.3) is 0 Å². The second-order valence-corrected chi connectivity index (χ2v) is 6.96. The first-order valence-corrected chi connectivity index (χ1v) is 8.63. The maximum atomic E-state index is 5.29. The van der Waals surface area contributed by atoms with Gasteiger partial charge >= 0.3 is 0 Å². The summed E-state index contributed by atoms with van der Waals surface area (Å²) < 4.78 is 5.29.